The van der Waals surface area contributed by atoms with Crippen molar-refractivity contribution in [3.05, 3.63) is 57.8 Å². The van der Waals surface area contributed by atoms with Crippen LogP contribution in [-0.4, -0.2) is 6.04 Å². The van der Waals surface area contributed by atoms with Crippen molar-refractivity contribution in [3.63, 3.8) is 0 Å². The normalized spacial score (nSPS) is 14.4. The molecule has 0 atom stereocenters. The molecule has 1 aliphatic carbocycles. The standard InChI is InChI=1S/C15H14BrFN2/c16-12-7-15(14(18)8-13(12)17)19-11-5-9-3-1-2-4-10(9)6-11/h1-4,7-8,11,19H,5-6,18H2. The molecule has 4 heteroatoms. The van der Waals surface area contributed by atoms with E-state index in [1.807, 2.05) is 0 Å². The first-order chi connectivity index (χ1) is 9.13. The zero-order chi connectivity index (χ0) is 13.4. The number of anilines is 2. The average molecular weight is 321 g/mol. The van der Waals surface area contributed by atoms with Crippen molar-refractivity contribution in [2.45, 2.75) is 18.9 Å². The monoisotopic (exact) mass is 320 g/mol. The van der Waals surface area contributed by atoms with Crippen molar-refractivity contribution < 1.29 is 4.39 Å². The highest BCUT2D eigenvalue weighted by atomic mass is 79.9. The zero-order valence-corrected chi connectivity index (χ0v) is 11.9. The summed E-state index contributed by atoms with van der Waals surface area (Å²) >= 11 is 3.19. The molecule has 2 aromatic rings. The van der Waals surface area contributed by atoms with Crippen LogP contribution in [-0.2, 0) is 12.8 Å². The predicted octanol–water partition coefficient (Wildman–Crippen LogP) is 3.75. The van der Waals surface area contributed by atoms with Gasteiger partial charge in [-0.05, 0) is 46.0 Å². The van der Waals surface area contributed by atoms with E-state index in [2.05, 4.69) is 45.5 Å². The molecule has 98 valence electrons. The molecule has 3 rings (SSSR count). The van der Waals surface area contributed by atoms with E-state index in [9.17, 15) is 4.39 Å². The summed E-state index contributed by atoms with van der Waals surface area (Å²) in [6, 6.07) is 11.8. The second-order valence-corrected chi connectivity index (χ2v) is 5.73. The molecule has 0 radical (unpaired) electrons. The minimum Gasteiger partial charge on any atom is -0.397 e. The van der Waals surface area contributed by atoms with Crippen molar-refractivity contribution in [2.24, 2.45) is 0 Å². The molecule has 2 aromatic carbocycles. The third-order valence-corrected chi connectivity index (χ3v) is 4.11. The van der Waals surface area contributed by atoms with Gasteiger partial charge in [0.05, 0.1) is 15.8 Å². The number of halogens is 2. The fourth-order valence-electron chi connectivity index (χ4n) is 2.57. The highest BCUT2D eigenvalue weighted by molar-refractivity contribution is 9.10. The molecule has 0 heterocycles. The molecule has 0 amide bonds. The van der Waals surface area contributed by atoms with Crippen molar-refractivity contribution >= 4 is 27.3 Å². The Balaban J connectivity index is 1.79. The number of benzene rings is 2. The van der Waals surface area contributed by atoms with Gasteiger partial charge in [0, 0.05) is 12.1 Å². The Labute approximate surface area is 120 Å². The average Bonchev–Trinajstić information content (AvgIpc) is 2.78. The summed E-state index contributed by atoms with van der Waals surface area (Å²) in [4.78, 5) is 0. The Morgan fingerprint density at radius 1 is 1.16 bits per heavy atom. The topological polar surface area (TPSA) is 38.0 Å². The number of nitrogens with two attached hydrogens (primary N) is 1. The molecule has 0 aliphatic heterocycles. The van der Waals surface area contributed by atoms with Gasteiger partial charge in [-0.1, -0.05) is 24.3 Å². The van der Waals surface area contributed by atoms with Crippen LogP contribution in [0.25, 0.3) is 0 Å². The minimum absolute atomic E-state index is 0.317. The van der Waals surface area contributed by atoms with Crippen LogP contribution in [0.4, 0.5) is 15.8 Å². The molecule has 1 aliphatic rings. The van der Waals surface area contributed by atoms with E-state index in [0.29, 0.717) is 16.2 Å². The van der Waals surface area contributed by atoms with Crippen molar-refractivity contribution in [2.75, 3.05) is 11.1 Å². The SMILES string of the molecule is Nc1cc(F)c(Br)cc1NC1Cc2ccccc2C1. The smallest absolute Gasteiger partial charge is 0.139 e. The number of fused-ring (bicyclic) bond motifs is 1. The second-order valence-electron chi connectivity index (χ2n) is 4.87. The molecule has 19 heavy (non-hydrogen) atoms. The Kier molecular flexibility index (Phi) is 3.19. The Morgan fingerprint density at radius 3 is 2.42 bits per heavy atom. The van der Waals surface area contributed by atoms with Crippen LogP contribution in [0.1, 0.15) is 11.1 Å². The number of nitrogen functional groups attached to an aromatic ring is 1. The van der Waals surface area contributed by atoms with Crippen molar-refractivity contribution in [1.29, 1.82) is 0 Å². The lowest BCUT2D eigenvalue weighted by molar-refractivity contribution is 0.621. The summed E-state index contributed by atoms with van der Waals surface area (Å²) in [5.41, 5.74) is 9.82. The Hall–Kier alpha value is -1.55. The quantitative estimate of drug-likeness (QED) is 0.827. The molecule has 0 spiro atoms. The maximum atomic E-state index is 13.3. The summed E-state index contributed by atoms with van der Waals surface area (Å²) in [5.74, 6) is -0.335. The van der Waals surface area contributed by atoms with Gasteiger partial charge in [-0.25, -0.2) is 4.39 Å². The van der Waals surface area contributed by atoms with Gasteiger partial charge in [0.15, 0.2) is 0 Å². The third kappa shape index (κ3) is 2.45. The first kappa shape index (κ1) is 12.5. The van der Waals surface area contributed by atoms with E-state index in [1.165, 1.54) is 17.2 Å². The van der Waals surface area contributed by atoms with Gasteiger partial charge < -0.3 is 11.1 Å². The van der Waals surface area contributed by atoms with Crippen molar-refractivity contribution in [1.82, 2.24) is 0 Å². The van der Waals surface area contributed by atoms with Crippen LogP contribution in [0.2, 0.25) is 0 Å². The fourth-order valence-corrected chi connectivity index (χ4v) is 2.91. The van der Waals surface area contributed by atoms with Gasteiger partial charge in [0.25, 0.3) is 0 Å². The van der Waals surface area contributed by atoms with Crippen LogP contribution >= 0.6 is 15.9 Å². The molecule has 3 N–H and O–H groups in total. The van der Waals surface area contributed by atoms with Crippen LogP contribution < -0.4 is 11.1 Å². The maximum absolute atomic E-state index is 13.3. The molecule has 0 saturated heterocycles. The number of hydrogen-bond donors (Lipinski definition) is 2. The molecule has 2 nitrogen and oxygen atoms in total. The maximum Gasteiger partial charge on any atom is 0.139 e. The first-order valence-electron chi connectivity index (χ1n) is 6.21. The van der Waals surface area contributed by atoms with Crippen LogP contribution in [0.5, 0.6) is 0 Å². The van der Waals surface area contributed by atoms with Gasteiger partial charge in [0.1, 0.15) is 5.82 Å². The molecule has 0 unspecified atom stereocenters. The van der Waals surface area contributed by atoms with Crippen molar-refractivity contribution in [3.8, 4) is 0 Å². The summed E-state index contributed by atoms with van der Waals surface area (Å²) in [7, 11) is 0. The van der Waals surface area contributed by atoms with Gasteiger partial charge in [-0.2, -0.15) is 0 Å². The lowest BCUT2D eigenvalue weighted by Gasteiger charge is -2.16. The van der Waals surface area contributed by atoms with E-state index in [4.69, 9.17) is 5.73 Å². The number of rotatable bonds is 2. The van der Waals surface area contributed by atoms with Gasteiger partial charge in [-0.15, -0.1) is 0 Å². The van der Waals surface area contributed by atoms with Gasteiger partial charge in [-0.3, -0.25) is 0 Å². The fraction of sp³-hybridized carbons (Fsp3) is 0.200. The molecule has 0 bridgehead atoms. The molecular formula is C15H14BrFN2. The highest BCUT2D eigenvalue weighted by Gasteiger charge is 2.21. The molecule has 0 saturated carbocycles. The van der Waals surface area contributed by atoms with E-state index < -0.39 is 0 Å². The van der Waals surface area contributed by atoms with E-state index in [1.54, 1.807) is 6.07 Å². The molecular weight excluding hydrogens is 307 g/mol. The Morgan fingerprint density at radius 2 is 1.79 bits per heavy atom. The van der Waals surface area contributed by atoms with Crippen LogP contribution in [0.15, 0.2) is 40.9 Å². The van der Waals surface area contributed by atoms with E-state index in [-0.39, 0.29) is 5.82 Å². The number of hydrogen-bond acceptors (Lipinski definition) is 2. The summed E-state index contributed by atoms with van der Waals surface area (Å²) in [6.45, 7) is 0. The van der Waals surface area contributed by atoms with Crippen LogP contribution in [0.3, 0.4) is 0 Å². The summed E-state index contributed by atoms with van der Waals surface area (Å²) in [6.07, 6.45) is 1.95. The third-order valence-electron chi connectivity index (χ3n) is 3.50. The van der Waals surface area contributed by atoms with E-state index >= 15 is 0 Å². The summed E-state index contributed by atoms with van der Waals surface area (Å²) < 4.78 is 13.8. The van der Waals surface area contributed by atoms with Gasteiger partial charge in [0.2, 0.25) is 0 Å². The summed E-state index contributed by atoms with van der Waals surface area (Å²) in [5, 5.41) is 3.40. The number of nitrogens with one attached hydrogen (secondary N) is 1. The first-order valence-corrected chi connectivity index (χ1v) is 7.00. The molecule has 0 aromatic heterocycles. The lowest BCUT2D eigenvalue weighted by atomic mass is 10.1. The largest absolute Gasteiger partial charge is 0.397 e. The molecule has 0 fully saturated rings. The zero-order valence-electron chi connectivity index (χ0n) is 10.3. The highest BCUT2D eigenvalue weighted by Crippen LogP contribution is 2.30. The van der Waals surface area contributed by atoms with Crippen LogP contribution in [0, 0.1) is 5.82 Å². The predicted molar refractivity (Wildman–Crippen MR) is 79.8 cm³/mol. The van der Waals surface area contributed by atoms with Gasteiger partial charge >= 0.3 is 0 Å². The van der Waals surface area contributed by atoms with E-state index in [0.717, 1.165) is 18.5 Å². The second kappa shape index (κ2) is 4.85. The Bertz CT molecular complexity index is 603. The minimum atomic E-state index is -0.335. The lowest BCUT2D eigenvalue weighted by Crippen LogP contribution is -2.20.